The third-order valence-corrected chi connectivity index (χ3v) is 11.7. The van der Waals surface area contributed by atoms with Crippen molar-refractivity contribution in [3.8, 4) is 0 Å². The van der Waals surface area contributed by atoms with Gasteiger partial charge in [-0.05, 0) is 63.8 Å². The molecule has 1 aliphatic heterocycles. The Morgan fingerprint density at radius 1 is 0.424 bits per heavy atom. The molecule has 8 amide bonds. The molecule has 1 fully saturated rings. The van der Waals surface area contributed by atoms with Gasteiger partial charge in [0.2, 0.25) is 23.6 Å². The van der Waals surface area contributed by atoms with Crippen molar-refractivity contribution in [2.75, 3.05) is 80.0 Å². The number of likely N-dealkylation sites (tertiary alicyclic amines) is 1. The van der Waals surface area contributed by atoms with Crippen LogP contribution in [0.2, 0.25) is 0 Å². The van der Waals surface area contributed by atoms with E-state index >= 15 is 0 Å². The van der Waals surface area contributed by atoms with Crippen LogP contribution < -0.4 is 249 Å². The van der Waals surface area contributed by atoms with Crippen LogP contribution in [0.4, 0.5) is 22.7 Å². The molecule has 0 aliphatic carbocycles. The number of imide groups is 1. The van der Waals surface area contributed by atoms with Crippen molar-refractivity contribution in [3.63, 3.8) is 0 Å². The normalized spacial score (nSPS) is 10.4. The topological polar surface area (TPSA) is 389 Å². The van der Waals surface area contributed by atoms with E-state index in [1.807, 2.05) is 6.92 Å². The molecular formula is C68H86N8O19Rb4. The molecule has 4 aromatic carbocycles. The molecule has 0 aromatic heterocycles. The number of allylic oxidation sites excluding steroid dienone is 2. The van der Waals surface area contributed by atoms with Crippen molar-refractivity contribution < 1.29 is 324 Å². The maximum absolute atomic E-state index is 11.8. The number of benzene rings is 4. The van der Waals surface area contributed by atoms with Crippen molar-refractivity contribution >= 4 is 110 Å². The summed E-state index contributed by atoms with van der Waals surface area (Å²) >= 11 is 0. The molecule has 31 heteroatoms. The maximum Gasteiger partial charge on any atom is 1.00 e. The quantitative estimate of drug-likeness (QED) is 0.0221. The molecule has 0 spiro atoms. The average Bonchev–Trinajstić information content (AvgIpc) is 0.844. The number of hydrogen-bond donors (Lipinski definition) is 3. The van der Waals surface area contributed by atoms with Crippen LogP contribution in [0, 0.1) is 0 Å². The Hall–Kier alpha value is -2.87. The number of β-lactam (4-membered cyclic amide) rings is 1. The number of nitrogens with one attached hydrogen (secondary N) is 3. The molecule has 99 heavy (non-hydrogen) atoms. The molecule has 0 radical (unpaired) electrons. The van der Waals surface area contributed by atoms with Crippen molar-refractivity contribution in [1.82, 2.24) is 20.9 Å². The van der Waals surface area contributed by atoms with E-state index in [4.69, 9.17) is 18.9 Å². The third-order valence-electron chi connectivity index (χ3n) is 11.7. The van der Waals surface area contributed by atoms with Gasteiger partial charge in [-0.15, -0.1) is 22.7 Å². The summed E-state index contributed by atoms with van der Waals surface area (Å²) in [5, 5.41) is 23.3. The number of Topliss-reactive ketones (excluding diaryl/α,β-unsaturated/α-hetero) is 6. The van der Waals surface area contributed by atoms with Crippen molar-refractivity contribution in [3.05, 3.63) is 152 Å². The fraction of sp³-hybridized carbons (Fsp3) is 0.397. The van der Waals surface area contributed by atoms with Crippen molar-refractivity contribution in [2.24, 2.45) is 0 Å². The van der Waals surface area contributed by atoms with E-state index in [0.717, 1.165) is 28.0 Å². The van der Waals surface area contributed by atoms with Crippen LogP contribution in [-0.2, 0) is 117 Å². The first-order valence-corrected chi connectivity index (χ1v) is 29.0. The van der Waals surface area contributed by atoms with E-state index in [1.165, 1.54) is 46.6 Å². The predicted octanol–water partition coefficient (Wildman–Crippen LogP) is -4.99. The van der Waals surface area contributed by atoms with Gasteiger partial charge in [0.05, 0.1) is 69.3 Å². The number of hydrogen-bond acceptors (Lipinski definition) is 20. The van der Waals surface area contributed by atoms with E-state index < -0.39 is 23.6 Å². The number of rotatable bonds is 35. The molecular weight excluding hydrogens is 1570 g/mol. The fourth-order valence-corrected chi connectivity index (χ4v) is 7.26. The number of amides is 8. The largest absolute Gasteiger partial charge is 1.00 e. The van der Waals surface area contributed by atoms with Crippen LogP contribution >= 0.6 is 0 Å². The number of ketones is 7. The van der Waals surface area contributed by atoms with Gasteiger partial charge in [-0.2, -0.15) is 0 Å². The van der Waals surface area contributed by atoms with Crippen molar-refractivity contribution in [1.29, 1.82) is 0 Å². The first-order chi connectivity index (χ1) is 44.1. The molecule has 3 N–H and O–H groups in total. The Balaban J connectivity index is -0.000000389. The first-order valence-electron chi connectivity index (χ1n) is 29.0. The number of carbonyl (C=O) groups is 15. The number of ether oxygens (including phenoxy) is 4. The fourth-order valence-electron chi connectivity index (χ4n) is 7.26. The summed E-state index contributed by atoms with van der Waals surface area (Å²) in [4.78, 5) is 170. The Morgan fingerprint density at radius 3 is 1.03 bits per heavy atom. The predicted molar refractivity (Wildman–Crippen MR) is 353 cm³/mol. The van der Waals surface area contributed by atoms with Crippen LogP contribution in [0.5, 0.6) is 0 Å². The number of carbonyl (C=O) groups excluding carboxylic acids is 15. The molecule has 0 atom stereocenters. The first kappa shape index (κ1) is 105. The van der Waals surface area contributed by atoms with Crippen LogP contribution in [0.1, 0.15) is 97.9 Å². The molecule has 5 rings (SSSR count). The molecule has 0 unspecified atom stereocenters. The second-order valence-corrected chi connectivity index (χ2v) is 20.6. The summed E-state index contributed by atoms with van der Waals surface area (Å²) in [6.07, 6.45) is 2.91. The Morgan fingerprint density at radius 2 is 0.747 bits per heavy atom. The van der Waals surface area contributed by atoms with Gasteiger partial charge < -0.3 is 75.3 Å². The van der Waals surface area contributed by atoms with Crippen molar-refractivity contribution in [2.45, 2.75) is 101 Å². The van der Waals surface area contributed by atoms with Crippen LogP contribution in [-0.4, -0.2) is 173 Å². The summed E-state index contributed by atoms with van der Waals surface area (Å²) < 4.78 is 19.6. The molecule has 1 heterocycles. The molecule has 1 saturated heterocycles. The Labute approximate surface area is 775 Å². The average molecular weight is 1660 g/mol. The van der Waals surface area contributed by atoms with Gasteiger partial charge in [0.25, 0.3) is 0 Å². The summed E-state index contributed by atoms with van der Waals surface area (Å²) in [5.41, 5.74) is 5.72. The minimum Gasteiger partial charge on any atom is -0.625 e. The van der Waals surface area contributed by atoms with Gasteiger partial charge in [0.15, 0.2) is 28.9 Å². The van der Waals surface area contributed by atoms with E-state index in [2.05, 4.69) is 37.2 Å². The molecule has 0 saturated carbocycles. The number of nitrogens with zero attached hydrogens (tertiary/aromatic N) is 5. The maximum atomic E-state index is 11.8. The van der Waals surface area contributed by atoms with E-state index in [9.17, 15) is 71.9 Å². The van der Waals surface area contributed by atoms with E-state index in [1.54, 1.807) is 110 Å². The summed E-state index contributed by atoms with van der Waals surface area (Å²) in [6, 6.07) is 26.7. The molecule has 0 bridgehead atoms. The summed E-state index contributed by atoms with van der Waals surface area (Å²) in [6.45, 7) is 8.03. The zero-order valence-corrected chi connectivity index (χ0v) is 77.0. The zero-order chi connectivity index (χ0) is 69.3. The Kier molecular flexibility index (Phi) is 65.0. The van der Waals surface area contributed by atoms with E-state index in [0.29, 0.717) is 35.7 Å². The van der Waals surface area contributed by atoms with Gasteiger partial charge >= 0.3 is 233 Å². The standard InChI is InChI=1S/C17H23N3O5.C17H22N2O4.C16H18N2O5.C16H19NO5.2CH4.4Rb/c1-12(21)10-25-11-17(24)20-14-5-3-13(4-6-14)9-16(23)19-8-7-15(22)18-2;1-12(18-3)8-16(21)9-14-4-6-15(7-5-14)19-17(22)11-23-10-13(2)20;1-11(19)9-23-10-14(20)17-13-4-2-12(3-5-13)8-16(22)18-7-6-15(18)21;1-11(18)7-15(20)8-13-3-5-14(6-4-13)17-16(21)10-22-9-12(2)19;;;;;;/h3-6H,7-11H2,1-2H3,(H3,18,19,20,22,23,24);4-8H,9-11H2,1-3H3,(H2,18,19,21,22);2-5H,6-10H2,1H3,(H,17,20);3-6H,7-10H2,1-2H3,(H,17,21);2*1H4;;;;/q;;;;;;4*+1/p-4. The van der Waals surface area contributed by atoms with Gasteiger partial charge in [-0.1, -0.05) is 112 Å². The summed E-state index contributed by atoms with van der Waals surface area (Å²) in [7, 11) is 3.30. The van der Waals surface area contributed by atoms with Gasteiger partial charge in [-0.3, -0.25) is 57.6 Å². The van der Waals surface area contributed by atoms with Crippen LogP contribution in [0.3, 0.4) is 0 Å². The summed E-state index contributed by atoms with van der Waals surface area (Å²) in [5.74, 6) is -3.54. The monoisotopic (exact) mass is 1660 g/mol. The van der Waals surface area contributed by atoms with E-state index in [-0.39, 0.29) is 410 Å². The SMILES string of the molecule is C.C.CC(=O)COCC(=O)[N-]c1ccc(CC(=O)CC(C)=O)cc1.CC(=O)COCC(=O)[N-]c1ccc(CC(=O)N2CCC2=O)cc1.CN/C(C)=C\C(=O)Cc1ccc([N-]C(=O)COCC(C)=O)cc1.CNC(=O)CCNC(=O)Cc1ccc([N-]C(=O)COCC(C)=O)cc1.[Rb+].[Rb+].[Rb+].[Rb+]. The molecule has 27 nitrogen and oxygen atoms in total. The molecule has 516 valence electrons. The molecule has 4 aromatic rings. The van der Waals surface area contributed by atoms with Gasteiger partial charge in [0, 0.05) is 64.6 Å². The smallest absolute Gasteiger partial charge is 0.625 e. The molecule has 1 aliphatic rings. The second kappa shape index (κ2) is 61.4. The second-order valence-electron chi connectivity index (χ2n) is 20.6. The minimum atomic E-state index is -0.485. The third kappa shape index (κ3) is 53.5. The van der Waals surface area contributed by atoms with Gasteiger partial charge in [-0.25, -0.2) is 0 Å². The zero-order valence-electron chi connectivity index (χ0n) is 57.3. The van der Waals surface area contributed by atoms with Crippen LogP contribution in [0.15, 0.2) is 109 Å². The van der Waals surface area contributed by atoms with Crippen LogP contribution in [0.25, 0.3) is 21.3 Å². The van der Waals surface area contributed by atoms with Gasteiger partial charge in [0.1, 0.15) is 38.0 Å². The Bertz CT molecular complexity index is 3280. The minimum absolute atomic E-state index is 0.